The lowest BCUT2D eigenvalue weighted by molar-refractivity contribution is -0.141. The fourth-order valence-corrected chi connectivity index (χ4v) is 5.01. The van der Waals surface area contributed by atoms with Crippen LogP contribution in [0.25, 0.3) is 0 Å². The molecule has 222 valence electrons. The first kappa shape index (κ1) is 30.9. The molecule has 0 saturated heterocycles. The van der Waals surface area contributed by atoms with Gasteiger partial charge in [0.05, 0.1) is 10.7 Å². The number of ether oxygens (including phenoxy) is 1. The summed E-state index contributed by atoms with van der Waals surface area (Å²) in [7, 11) is 0. The molecule has 0 aromatic heterocycles. The number of carbonyl (C=O) groups is 3. The van der Waals surface area contributed by atoms with E-state index in [9.17, 15) is 19.5 Å². The third kappa shape index (κ3) is 8.03. The molecule has 9 heteroatoms. The molecule has 0 heterocycles. The van der Waals surface area contributed by atoms with Crippen LogP contribution in [0.4, 0.5) is 10.5 Å². The molecule has 1 saturated carbocycles. The van der Waals surface area contributed by atoms with Crippen LogP contribution in [0.3, 0.4) is 0 Å². The summed E-state index contributed by atoms with van der Waals surface area (Å²) < 4.78 is 5.49. The first-order valence-electron chi connectivity index (χ1n) is 14.0. The molecule has 42 heavy (non-hydrogen) atoms. The number of nitrogens with one attached hydrogen (secondary N) is 2. The Bertz CT molecular complexity index is 1410. The van der Waals surface area contributed by atoms with E-state index in [0.29, 0.717) is 16.3 Å². The Kier molecular flexibility index (Phi) is 9.46. The van der Waals surface area contributed by atoms with Gasteiger partial charge in [-0.25, -0.2) is 4.79 Å². The second-order valence-corrected chi connectivity index (χ2v) is 12.2. The zero-order chi connectivity index (χ0) is 30.6. The molecular weight excluding hydrogens is 554 g/mol. The van der Waals surface area contributed by atoms with Gasteiger partial charge in [-0.05, 0) is 82.3 Å². The highest BCUT2D eigenvalue weighted by Crippen LogP contribution is 2.37. The van der Waals surface area contributed by atoms with E-state index in [1.54, 1.807) is 49.9 Å². The summed E-state index contributed by atoms with van der Waals surface area (Å²) in [5, 5.41) is 15.9. The van der Waals surface area contributed by atoms with Gasteiger partial charge in [-0.1, -0.05) is 65.7 Å². The molecule has 1 aliphatic carbocycles. The number of aryl methyl sites for hydroxylation is 2. The van der Waals surface area contributed by atoms with Gasteiger partial charge in [0.15, 0.2) is 0 Å². The van der Waals surface area contributed by atoms with Crippen LogP contribution >= 0.6 is 11.6 Å². The second kappa shape index (κ2) is 12.9. The van der Waals surface area contributed by atoms with Crippen molar-refractivity contribution in [3.63, 3.8) is 0 Å². The number of aromatic hydroxyl groups is 1. The summed E-state index contributed by atoms with van der Waals surface area (Å²) in [5.41, 5.74) is 2.88. The molecule has 0 spiro atoms. The van der Waals surface area contributed by atoms with Crippen LogP contribution in [0.2, 0.25) is 5.02 Å². The number of hydrogen-bond acceptors (Lipinski definition) is 5. The van der Waals surface area contributed by atoms with E-state index >= 15 is 0 Å². The Hall–Kier alpha value is -4.04. The topological polar surface area (TPSA) is 108 Å². The zero-order valence-electron chi connectivity index (χ0n) is 24.6. The van der Waals surface area contributed by atoms with Gasteiger partial charge in [0.1, 0.15) is 23.4 Å². The lowest BCUT2D eigenvalue weighted by Crippen LogP contribution is -2.54. The quantitative estimate of drug-likeness (QED) is 0.264. The largest absolute Gasteiger partial charge is 0.508 e. The molecule has 0 aliphatic heterocycles. The van der Waals surface area contributed by atoms with Crippen LogP contribution in [0, 0.1) is 13.8 Å². The number of halogens is 1. The van der Waals surface area contributed by atoms with Crippen molar-refractivity contribution in [1.82, 2.24) is 10.2 Å². The van der Waals surface area contributed by atoms with Crippen LogP contribution in [-0.2, 0) is 20.7 Å². The molecule has 8 nitrogen and oxygen atoms in total. The average Bonchev–Trinajstić information content (AvgIpc) is 3.75. The first-order chi connectivity index (χ1) is 19.8. The van der Waals surface area contributed by atoms with Crippen LogP contribution in [0.15, 0.2) is 66.7 Å². The van der Waals surface area contributed by atoms with Crippen molar-refractivity contribution < 1.29 is 24.2 Å². The predicted molar refractivity (Wildman–Crippen MR) is 164 cm³/mol. The molecule has 4 rings (SSSR count). The molecule has 3 amide bonds. The van der Waals surface area contributed by atoms with Gasteiger partial charge in [0.25, 0.3) is 5.91 Å². The fourth-order valence-electron chi connectivity index (χ4n) is 4.74. The number of phenolic OH excluding ortho intramolecular Hbond substituents is 1. The number of rotatable bonds is 9. The Morgan fingerprint density at radius 1 is 1.00 bits per heavy atom. The zero-order valence-corrected chi connectivity index (χ0v) is 25.4. The van der Waals surface area contributed by atoms with Crippen molar-refractivity contribution in [3.8, 4) is 5.75 Å². The Labute approximate surface area is 252 Å². The summed E-state index contributed by atoms with van der Waals surface area (Å²) in [4.78, 5) is 43.1. The van der Waals surface area contributed by atoms with Gasteiger partial charge in [-0.3, -0.25) is 9.59 Å². The molecule has 0 radical (unpaired) electrons. The van der Waals surface area contributed by atoms with Crippen molar-refractivity contribution in [3.05, 3.63) is 94.0 Å². The van der Waals surface area contributed by atoms with E-state index in [1.807, 2.05) is 44.2 Å². The van der Waals surface area contributed by atoms with Crippen LogP contribution < -0.4 is 10.6 Å². The van der Waals surface area contributed by atoms with E-state index in [4.69, 9.17) is 16.3 Å². The highest BCUT2D eigenvalue weighted by Gasteiger charge is 2.44. The van der Waals surface area contributed by atoms with Gasteiger partial charge >= 0.3 is 6.09 Å². The third-order valence-electron chi connectivity index (χ3n) is 6.95. The number of para-hydroxylation sites is 1. The standard InChI is InChI=1S/C33H38ClN3O5/c1-20-9-13-23(14-10-20)29(30(39)36-28-21(2)7-6-8-26(28)34)37(24-15-16-24)31(40)27(35-32(41)42-33(3,4)5)19-22-11-17-25(38)18-12-22/h6-14,17-18,24,27,29,38H,15-16,19H2,1-5H3,(H,35,41)(H,36,39). The normalized spacial score (nSPS) is 14.4. The van der Waals surface area contributed by atoms with E-state index in [0.717, 1.165) is 29.5 Å². The first-order valence-corrected chi connectivity index (χ1v) is 14.4. The number of alkyl carbamates (subject to hydrolysis) is 1. The van der Waals surface area contributed by atoms with Gasteiger partial charge in [-0.2, -0.15) is 0 Å². The predicted octanol–water partition coefficient (Wildman–Crippen LogP) is 6.47. The summed E-state index contributed by atoms with van der Waals surface area (Å²) in [6.07, 6.45) is 0.849. The average molecular weight is 592 g/mol. The molecule has 3 aromatic carbocycles. The smallest absolute Gasteiger partial charge is 0.408 e. The van der Waals surface area contributed by atoms with Crippen LogP contribution in [0.1, 0.15) is 61.9 Å². The number of amides is 3. The molecule has 1 fully saturated rings. The maximum Gasteiger partial charge on any atom is 0.408 e. The third-order valence-corrected chi connectivity index (χ3v) is 7.26. The molecular formula is C33H38ClN3O5. The molecule has 0 bridgehead atoms. The molecule has 2 atom stereocenters. The van der Waals surface area contributed by atoms with Crippen LogP contribution in [0.5, 0.6) is 5.75 Å². The molecule has 1 aliphatic rings. The Morgan fingerprint density at radius 3 is 2.21 bits per heavy atom. The fraction of sp³-hybridized carbons (Fsp3) is 0.364. The lowest BCUT2D eigenvalue weighted by Gasteiger charge is -2.35. The minimum Gasteiger partial charge on any atom is -0.508 e. The molecule has 3 N–H and O–H groups in total. The van der Waals surface area contributed by atoms with E-state index < -0.39 is 35.6 Å². The highest BCUT2D eigenvalue weighted by atomic mass is 35.5. The van der Waals surface area contributed by atoms with E-state index in [2.05, 4.69) is 10.6 Å². The number of nitrogens with zero attached hydrogens (tertiary/aromatic N) is 1. The Morgan fingerprint density at radius 2 is 1.64 bits per heavy atom. The summed E-state index contributed by atoms with van der Waals surface area (Å²) in [5.74, 6) is -0.726. The summed E-state index contributed by atoms with van der Waals surface area (Å²) in [6, 6.07) is 17.1. The van der Waals surface area contributed by atoms with Crippen molar-refractivity contribution in [2.24, 2.45) is 0 Å². The number of anilines is 1. The second-order valence-electron chi connectivity index (χ2n) is 11.8. The highest BCUT2D eigenvalue weighted by molar-refractivity contribution is 6.34. The number of hydrogen-bond donors (Lipinski definition) is 3. The van der Waals surface area contributed by atoms with Crippen molar-refractivity contribution >= 4 is 35.2 Å². The van der Waals surface area contributed by atoms with E-state index in [1.165, 1.54) is 12.1 Å². The summed E-state index contributed by atoms with van der Waals surface area (Å²) in [6.45, 7) is 9.04. The molecule has 3 aromatic rings. The summed E-state index contributed by atoms with van der Waals surface area (Å²) >= 11 is 6.45. The SMILES string of the molecule is Cc1ccc(C(C(=O)Nc2c(C)cccc2Cl)N(C(=O)C(Cc2ccc(O)cc2)NC(=O)OC(C)(C)C)C2CC2)cc1. The van der Waals surface area contributed by atoms with Crippen molar-refractivity contribution in [2.45, 2.75) is 77.6 Å². The number of phenols is 1. The van der Waals surface area contributed by atoms with Gasteiger partial charge in [0, 0.05) is 12.5 Å². The molecule has 2 unspecified atom stereocenters. The van der Waals surface area contributed by atoms with Crippen molar-refractivity contribution in [2.75, 3.05) is 5.32 Å². The maximum absolute atomic E-state index is 14.5. The van der Waals surface area contributed by atoms with E-state index in [-0.39, 0.29) is 18.2 Å². The van der Waals surface area contributed by atoms with Gasteiger partial charge in [-0.15, -0.1) is 0 Å². The van der Waals surface area contributed by atoms with Gasteiger partial charge < -0.3 is 25.4 Å². The lowest BCUT2D eigenvalue weighted by atomic mass is 9.99. The number of carbonyl (C=O) groups excluding carboxylic acids is 3. The Balaban J connectivity index is 1.73. The minimum absolute atomic E-state index is 0.0901. The maximum atomic E-state index is 14.5. The number of benzene rings is 3. The van der Waals surface area contributed by atoms with Crippen molar-refractivity contribution in [1.29, 1.82) is 0 Å². The van der Waals surface area contributed by atoms with Crippen LogP contribution in [-0.4, -0.2) is 45.6 Å². The van der Waals surface area contributed by atoms with Gasteiger partial charge in [0.2, 0.25) is 5.91 Å². The minimum atomic E-state index is -1.03. The monoisotopic (exact) mass is 591 g/mol.